The SMILES string of the molecule is CC/C(O)=C\C=C(/C)F. The van der Waals surface area contributed by atoms with E-state index in [9.17, 15) is 4.39 Å². The van der Waals surface area contributed by atoms with Crippen molar-refractivity contribution in [1.29, 1.82) is 0 Å². The van der Waals surface area contributed by atoms with Crippen molar-refractivity contribution in [3.05, 3.63) is 23.7 Å². The van der Waals surface area contributed by atoms with Crippen molar-refractivity contribution < 1.29 is 9.50 Å². The third kappa shape index (κ3) is 5.07. The first kappa shape index (κ1) is 8.21. The lowest BCUT2D eigenvalue weighted by atomic mass is 10.3. The fourth-order valence-corrected chi connectivity index (χ4v) is 0.329. The summed E-state index contributed by atoms with van der Waals surface area (Å²) in [5.74, 6) is -0.0954. The molecule has 0 spiro atoms. The highest BCUT2D eigenvalue weighted by Gasteiger charge is 1.83. The molecule has 0 radical (unpaired) electrons. The molecule has 0 heterocycles. The molecule has 0 atom stereocenters. The van der Waals surface area contributed by atoms with Crippen molar-refractivity contribution in [3.8, 4) is 0 Å². The molecule has 0 rings (SSSR count). The smallest absolute Gasteiger partial charge is 0.0969 e. The van der Waals surface area contributed by atoms with Gasteiger partial charge in [0.2, 0.25) is 0 Å². The number of rotatable bonds is 2. The van der Waals surface area contributed by atoms with E-state index < -0.39 is 0 Å². The summed E-state index contributed by atoms with van der Waals surface area (Å²) in [4.78, 5) is 0. The van der Waals surface area contributed by atoms with E-state index in [4.69, 9.17) is 5.11 Å². The van der Waals surface area contributed by atoms with E-state index in [-0.39, 0.29) is 11.6 Å². The fourth-order valence-electron chi connectivity index (χ4n) is 0.329. The second-order valence-corrected chi connectivity index (χ2v) is 1.76. The van der Waals surface area contributed by atoms with Crippen LogP contribution in [-0.2, 0) is 0 Å². The monoisotopic (exact) mass is 130 g/mol. The molecule has 52 valence electrons. The Kier molecular flexibility index (Phi) is 3.76. The zero-order valence-corrected chi connectivity index (χ0v) is 5.69. The van der Waals surface area contributed by atoms with Gasteiger partial charge in [-0.1, -0.05) is 6.92 Å². The summed E-state index contributed by atoms with van der Waals surface area (Å²) < 4.78 is 11.9. The van der Waals surface area contributed by atoms with E-state index in [1.54, 1.807) is 6.92 Å². The fraction of sp³-hybridized carbons (Fsp3) is 0.429. The van der Waals surface area contributed by atoms with Crippen LogP contribution in [0.4, 0.5) is 4.39 Å². The Bertz CT molecular complexity index is 132. The zero-order chi connectivity index (χ0) is 7.28. The van der Waals surface area contributed by atoms with Gasteiger partial charge in [-0.05, 0) is 19.1 Å². The van der Waals surface area contributed by atoms with Gasteiger partial charge in [0.25, 0.3) is 0 Å². The van der Waals surface area contributed by atoms with Gasteiger partial charge in [-0.2, -0.15) is 0 Å². The summed E-state index contributed by atoms with van der Waals surface area (Å²) in [5.41, 5.74) is 0. The van der Waals surface area contributed by atoms with Crippen LogP contribution in [0.5, 0.6) is 0 Å². The molecule has 0 bridgehead atoms. The van der Waals surface area contributed by atoms with Crippen molar-refractivity contribution in [3.63, 3.8) is 0 Å². The first-order chi connectivity index (χ1) is 4.16. The predicted molar refractivity (Wildman–Crippen MR) is 35.9 cm³/mol. The van der Waals surface area contributed by atoms with Gasteiger partial charge in [-0.15, -0.1) is 0 Å². The molecule has 0 aromatic carbocycles. The molecule has 0 saturated carbocycles. The predicted octanol–water partition coefficient (Wildman–Crippen LogP) is 2.71. The van der Waals surface area contributed by atoms with Crippen LogP contribution in [0.1, 0.15) is 20.3 Å². The third-order valence-corrected chi connectivity index (χ3v) is 0.868. The van der Waals surface area contributed by atoms with Crippen LogP contribution in [0, 0.1) is 0 Å². The molecule has 0 unspecified atom stereocenters. The first-order valence-corrected chi connectivity index (χ1v) is 2.88. The van der Waals surface area contributed by atoms with Crippen molar-refractivity contribution in [2.45, 2.75) is 20.3 Å². The Morgan fingerprint density at radius 1 is 1.56 bits per heavy atom. The highest BCUT2D eigenvalue weighted by atomic mass is 19.1. The Morgan fingerprint density at radius 2 is 2.11 bits per heavy atom. The summed E-state index contributed by atoms with van der Waals surface area (Å²) in [6.45, 7) is 3.13. The number of aliphatic hydroxyl groups is 1. The normalized spacial score (nSPS) is 14.1. The van der Waals surface area contributed by atoms with E-state index in [0.29, 0.717) is 6.42 Å². The molecular weight excluding hydrogens is 119 g/mol. The van der Waals surface area contributed by atoms with Crippen LogP contribution in [-0.4, -0.2) is 5.11 Å². The average molecular weight is 130 g/mol. The first-order valence-electron chi connectivity index (χ1n) is 2.88. The van der Waals surface area contributed by atoms with E-state index in [1.807, 2.05) is 0 Å². The Morgan fingerprint density at radius 3 is 2.44 bits per heavy atom. The average Bonchev–Trinajstić information content (AvgIpc) is 1.83. The molecule has 0 aliphatic carbocycles. The topological polar surface area (TPSA) is 20.2 Å². The van der Waals surface area contributed by atoms with Crippen LogP contribution < -0.4 is 0 Å². The molecule has 9 heavy (non-hydrogen) atoms. The van der Waals surface area contributed by atoms with Crippen molar-refractivity contribution in [2.75, 3.05) is 0 Å². The van der Waals surface area contributed by atoms with Crippen molar-refractivity contribution in [1.82, 2.24) is 0 Å². The summed E-state index contributed by atoms with van der Waals surface area (Å²) in [6.07, 6.45) is 3.14. The lowest BCUT2D eigenvalue weighted by Gasteiger charge is -1.87. The maximum Gasteiger partial charge on any atom is 0.0969 e. The molecule has 1 nitrogen and oxygen atoms in total. The Balaban J connectivity index is 3.83. The number of allylic oxidation sites excluding steroid dienone is 4. The summed E-state index contributed by atoms with van der Waals surface area (Å²) in [6, 6.07) is 0. The number of hydrogen-bond acceptors (Lipinski definition) is 1. The van der Waals surface area contributed by atoms with Crippen LogP contribution in [0.2, 0.25) is 0 Å². The van der Waals surface area contributed by atoms with Crippen LogP contribution in [0.25, 0.3) is 0 Å². The summed E-state index contributed by atoms with van der Waals surface area (Å²) in [7, 11) is 0. The lowest BCUT2D eigenvalue weighted by Crippen LogP contribution is -1.73. The summed E-state index contributed by atoms with van der Waals surface area (Å²) in [5, 5.41) is 8.76. The molecule has 0 aliphatic heterocycles. The minimum atomic E-state index is -0.296. The molecule has 0 aromatic heterocycles. The highest BCUT2D eigenvalue weighted by molar-refractivity contribution is 5.08. The van der Waals surface area contributed by atoms with Crippen LogP contribution in [0.3, 0.4) is 0 Å². The van der Waals surface area contributed by atoms with Gasteiger partial charge in [0.15, 0.2) is 0 Å². The summed E-state index contributed by atoms with van der Waals surface area (Å²) >= 11 is 0. The van der Waals surface area contributed by atoms with Gasteiger partial charge >= 0.3 is 0 Å². The number of aliphatic hydroxyl groups excluding tert-OH is 1. The van der Waals surface area contributed by atoms with Gasteiger partial charge in [0.1, 0.15) is 0 Å². The maximum atomic E-state index is 11.9. The minimum absolute atomic E-state index is 0.201. The van der Waals surface area contributed by atoms with E-state index in [1.165, 1.54) is 19.1 Å². The van der Waals surface area contributed by atoms with Crippen LogP contribution in [0.15, 0.2) is 23.7 Å². The molecule has 2 heteroatoms. The zero-order valence-electron chi connectivity index (χ0n) is 5.69. The third-order valence-electron chi connectivity index (χ3n) is 0.868. The van der Waals surface area contributed by atoms with Crippen molar-refractivity contribution >= 4 is 0 Å². The molecule has 0 fully saturated rings. The molecule has 0 aliphatic rings. The van der Waals surface area contributed by atoms with E-state index in [0.717, 1.165) is 0 Å². The standard InChI is InChI=1S/C7H11FO/c1-3-7(9)5-4-6(2)8/h4-5,9H,3H2,1-2H3/b6-4+,7-5+. The molecule has 1 N–H and O–H groups in total. The minimum Gasteiger partial charge on any atom is -0.512 e. The number of hydrogen-bond donors (Lipinski definition) is 1. The van der Waals surface area contributed by atoms with Crippen LogP contribution >= 0.6 is 0 Å². The molecule has 0 amide bonds. The maximum absolute atomic E-state index is 11.9. The quantitative estimate of drug-likeness (QED) is 0.450. The van der Waals surface area contributed by atoms with E-state index >= 15 is 0 Å². The second-order valence-electron chi connectivity index (χ2n) is 1.76. The van der Waals surface area contributed by atoms with Gasteiger partial charge in [-0.25, -0.2) is 4.39 Å². The second kappa shape index (κ2) is 4.13. The molecular formula is C7H11FO. The van der Waals surface area contributed by atoms with E-state index in [2.05, 4.69) is 0 Å². The lowest BCUT2D eigenvalue weighted by molar-refractivity contribution is 0.394. The molecule has 0 aromatic rings. The molecule has 0 saturated heterocycles. The largest absolute Gasteiger partial charge is 0.512 e. The Labute approximate surface area is 54.5 Å². The van der Waals surface area contributed by atoms with Gasteiger partial charge in [-0.3, -0.25) is 0 Å². The Hall–Kier alpha value is -0.790. The number of halogens is 1. The van der Waals surface area contributed by atoms with Gasteiger partial charge < -0.3 is 5.11 Å². The highest BCUT2D eigenvalue weighted by Crippen LogP contribution is 1.98. The van der Waals surface area contributed by atoms with Gasteiger partial charge in [0.05, 0.1) is 11.6 Å². The van der Waals surface area contributed by atoms with Gasteiger partial charge in [0, 0.05) is 6.42 Å². The van der Waals surface area contributed by atoms with Crippen molar-refractivity contribution in [2.24, 2.45) is 0 Å².